The summed E-state index contributed by atoms with van der Waals surface area (Å²) >= 11 is 0. The van der Waals surface area contributed by atoms with Crippen LogP contribution in [0.25, 0.3) is 0 Å². The number of rotatable bonds is 8. The molecule has 0 spiro atoms. The molecule has 1 saturated heterocycles. The van der Waals surface area contributed by atoms with E-state index in [4.69, 9.17) is 14.2 Å². The molecule has 4 rings (SSSR count). The first-order chi connectivity index (χ1) is 16.6. The van der Waals surface area contributed by atoms with Gasteiger partial charge in [-0.05, 0) is 51.0 Å². The number of esters is 1. The van der Waals surface area contributed by atoms with Crippen LogP contribution in [-0.2, 0) is 30.8 Å². The van der Waals surface area contributed by atoms with Crippen molar-refractivity contribution in [1.82, 2.24) is 4.31 Å². The van der Waals surface area contributed by atoms with Crippen molar-refractivity contribution in [3.63, 3.8) is 0 Å². The van der Waals surface area contributed by atoms with Gasteiger partial charge in [-0.25, -0.2) is 13.2 Å². The van der Waals surface area contributed by atoms with Gasteiger partial charge in [0.2, 0.25) is 10.0 Å². The highest BCUT2D eigenvalue weighted by Crippen LogP contribution is 2.41. The normalized spacial score (nSPS) is 17.2. The number of ether oxygens (including phenoxy) is 3. The number of hydrogen-bond donors (Lipinski definition) is 1. The molecule has 2 heterocycles. The smallest absolute Gasteiger partial charge is 0.344 e. The third kappa shape index (κ3) is 6.12. The van der Waals surface area contributed by atoms with Crippen molar-refractivity contribution in [2.75, 3.05) is 31.6 Å². The molecule has 0 saturated carbocycles. The van der Waals surface area contributed by atoms with Crippen LogP contribution >= 0.6 is 0 Å². The number of amides is 1. The van der Waals surface area contributed by atoms with Crippen LogP contribution in [0, 0.1) is 0 Å². The largest absolute Gasteiger partial charge is 0.483 e. The zero-order valence-corrected chi connectivity index (χ0v) is 20.7. The van der Waals surface area contributed by atoms with Gasteiger partial charge in [0.25, 0.3) is 5.91 Å². The van der Waals surface area contributed by atoms with Gasteiger partial charge in [-0.3, -0.25) is 4.79 Å². The van der Waals surface area contributed by atoms with Crippen LogP contribution in [0.3, 0.4) is 0 Å². The van der Waals surface area contributed by atoms with Crippen molar-refractivity contribution in [2.24, 2.45) is 0 Å². The lowest BCUT2D eigenvalue weighted by Crippen LogP contribution is -2.35. The third-order valence-electron chi connectivity index (χ3n) is 5.84. The molecule has 1 fully saturated rings. The summed E-state index contributed by atoms with van der Waals surface area (Å²) in [5.74, 6) is -0.239. The number of nitrogens with one attached hydrogen (secondary N) is 1. The van der Waals surface area contributed by atoms with E-state index in [1.54, 1.807) is 18.2 Å². The van der Waals surface area contributed by atoms with E-state index >= 15 is 0 Å². The van der Waals surface area contributed by atoms with Gasteiger partial charge in [-0.2, -0.15) is 4.31 Å². The molecule has 0 bridgehead atoms. The van der Waals surface area contributed by atoms with Gasteiger partial charge in [0, 0.05) is 30.8 Å². The van der Waals surface area contributed by atoms with E-state index in [1.807, 2.05) is 26.0 Å². The van der Waals surface area contributed by atoms with Crippen molar-refractivity contribution in [2.45, 2.75) is 50.0 Å². The van der Waals surface area contributed by atoms with Crippen molar-refractivity contribution in [3.05, 3.63) is 48.0 Å². The Labute approximate surface area is 205 Å². The van der Waals surface area contributed by atoms with Crippen molar-refractivity contribution < 1.29 is 32.2 Å². The summed E-state index contributed by atoms with van der Waals surface area (Å²) in [6.07, 6.45) is 3.43. The molecule has 0 aliphatic carbocycles. The summed E-state index contributed by atoms with van der Waals surface area (Å²) < 4.78 is 43.7. The number of nitrogens with zero attached hydrogens (tertiary/aromatic N) is 1. The van der Waals surface area contributed by atoms with Gasteiger partial charge in [0.1, 0.15) is 5.60 Å². The molecular weight excluding hydrogens is 472 g/mol. The number of sulfonamides is 1. The predicted octanol–water partition coefficient (Wildman–Crippen LogP) is 3.14. The lowest BCUT2D eigenvalue weighted by Gasteiger charge is -2.26. The molecular formula is C25H30N2O7S. The molecule has 1 N–H and O–H groups in total. The number of para-hydroxylation sites is 1. The molecule has 1 amide bonds. The summed E-state index contributed by atoms with van der Waals surface area (Å²) in [6.45, 7) is 4.03. The number of hydrogen-bond acceptors (Lipinski definition) is 7. The minimum absolute atomic E-state index is 0.114. The van der Waals surface area contributed by atoms with E-state index in [2.05, 4.69) is 5.32 Å². The van der Waals surface area contributed by atoms with Gasteiger partial charge in [0.05, 0.1) is 4.90 Å². The van der Waals surface area contributed by atoms with E-state index in [1.165, 1.54) is 16.4 Å². The number of benzene rings is 2. The molecule has 0 atom stereocenters. The maximum atomic E-state index is 12.9. The third-order valence-corrected chi connectivity index (χ3v) is 7.73. The summed E-state index contributed by atoms with van der Waals surface area (Å²) in [5, 5.41) is 2.57. The fourth-order valence-corrected chi connectivity index (χ4v) is 5.77. The van der Waals surface area contributed by atoms with Crippen molar-refractivity contribution in [3.8, 4) is 11.5 Å². The number of piperidine rings is 1. The Kier molecular flexibility index (Phi) is 7.32. The second-order valence-electron chi connectivity index (χ2n) is 9.27. The van der Waals surface area contributed by atoms with Gasteiger partial charge in [0.15, 0.2) is 24.7 Å². The van der Waals surface area contributed by atoms with E-state index in [9.17, 15) is 18.0 Å². The zero-order valence-electron chi connectivity index (χ0n) is 19.9. The SMILES string of the molecule is CC1(C)Cc2cccc(OCC(=O)OCC(=O)Nc3cccc(S(=O)(=O)N4CCCCC4)c3)c2O1. The van der Waals surface area contributed by atoms with E-state index in [-0.39, 0.29) is 17.1 Å². The van der Waals surface area contributed by atoms with E-state index < -0.39 is 28.5 Å². The molecule has 0 aromatic heterocycles. The van der Waals surface area contributed by atoms with Crippen LogP contribution < -0.4 is 14.8 Å². The molecule has 2 aromatic carbocycles. The van der Waals surface area contributed by atoms with Crippen molar-refractivity contribution in [1.29, 1.82) is 0 Å². The highest BCUT2D eigenvalue weighted by molar-refractivity contribution is 7.89. The Morgan fingerprint density at radius 1 is 1.06 bits per heavy atom. The fourth-order valence-electron chi connectivity index (χ4n) is 4.21. The molecule has 2 aromatic rings. The molecule has 2 aliphatic rings. The number of carbonyl (C=O) groups is 2. The Morgan fingerprint density at radius 3 is 2.57 bits per heavy atom. The van der Waals surface area contributed by atoms with Gasteiger partial charge in [-0.1, -0.05) is 24.6 Å². The quantitative estimate of drug-likeness (QED) is 0.552. The van der Waals surface area contributed by atoms with E-state index in [0.717, 1.165) is 31.2 Å². The van der Waals surface area contributed by atoms with Crippen LogP contribution in [0.2, 0.25) is 0 Å². The summed E-state index contributed by atoms with van der Waals surface area (Å²) in [5.41, 5.74) is 0.968. The maximum Gasteiger partial charge on any atom is 0.344 e. The highest BCUT2D eigenvalue weighted by Gasteiger charge is 2.32. The first kappa shape index (κ1) is 25.0. The molecule has 188 valence electrons. The van der Waals surface area contributed by atoms with Crippen LogP contribution in [0.5, 0.6) is 11.5 Å². The molecule has 2 aliphatic heterocycles. The Balaban J connectivity index is 1.27. The van der Waals surface area contributed by atoms with Crippen LogP contribution in [0.1, 0.15) is 38.7 Å². The Bertz CT molecular complexity index is 1200. The maximum absolute atomic E-state index is 12.9. The lowest BCUT2D eigenvalue weighted by molar-refractivity contribution is -0.149. The van der Waals surface area contributed by atoms with Gasteiger partial charge >= 0.3 is 5.97 Å². The Hall–Kier alpha value is -3.11. The minimum atomic E-state index is -3.62. The second-order valence-corrected chi connectivity index (χ2v) is 11.2. The summed E-state index contributed by atoms with van der Waals surface area (Å²) in [6, 6.07) is 11.5. The standard InChI is InChI=1S/C25H30N2O7S/c1-25(2)15-18-8-6-11-21(24(18)34-25)32-17-23(29)33-16-22(28)26-19-9-7-10-20(14-19)35(30,31)27-12-4-3-5-13-27/h6-11,14H,3-5,12-13,15-17H2,1-2H3,(H,26,28). The molecule has 9 nitrogen and oxygen atoms in total. The zero-order chi connectivity index (χ0) is 25.1. The molecule has 0 unspecified atom stereocenters. The topological polar surface area (TPSA) is 111 Å². The highest BCUT2D eigenvalue weighted by atomic mass is 32.2. The Morgan fingerprint density at radius 2 is 1.80 bits per heavy atom. The first-order valence-electron chi connectivity index (χ1n) is 11.6. The summed E-state index contributed by atoms with van der Waals surface area (Å²) in [7, 11) is -3.62. The van der Waals surface area contributed by atoms with Crippen molar-refractivity contribution >= 4 is 27.6 Å². The molecule has 0 radical (unpaired) electrons. The van der Waals surface area contributed by atoms with Gasteiger partial charge in [-0.15, -0.1) is 0 Å². The fraction of sp³-hybridized carbons (Fsp3) is 0.440. The van der Waals surface area contributed by atoms with Crippen LogP contribution in [0.4, 0.5) is 5.69 Å². The predicted molar refractivity (Wildman–Crippen MR) is 129 cm³/mol. The second kappa shape index (κ2) is 10.2. The number of anilines is 1. The number of carbonyl (C=O) groups excluding carboxylic acids is 2. The van der Waals surface area contributed by atoms with E-state index in [0.29, 0.717) is 30.3 Å². The monoisotopic (exact) mass is 502 g/mol. The van der Waals surface area contributed by atoms with Gasteiger partial charge < -0.3 is 19.5 Å². The van der Waals surface area contributed by atoms with Crippen LogP contribution in [0.15, 0.2) is 47.4 Å². The first-order valence-corrected chi connectivity index (χ1v) is 13.1. The molecule has 35 heavy (non-hydrogen) atoms. The average molecular weight is 503 g/mol. The number of fused-ring (bicyclic) bond motifs is 1. The minimum Gasteiger partial charge on any atom is -0.483 e. The summed E-state index contributed by atoms with van der Waals surface area (Å²) in [4.78, 5) is 24.5. The van der Waals surface area contributed by atoms with Crippen LogP contribution in [-0.4, -0.2) is 56.5 Å². The average Bonchev–Trinajstić information content (AvgIpc) is 3.16. The molecule has 10 heteroatoms. The lowest BCUT2D eigenvalue weighted by atomic mass is 10.0.